The summed E-state index contributed by atoms with van der Waals surface area (Å²) in [5.74, 6) is 0.483. The van der Waals surface area contributed by atoms with Gasteiger partial charge in [0.1, 0.15) is 5.75 Å². The van der Waals surface area contributed by atoms with Crippen LogP contribution in [0.1, 0.15) is 22.8 Å². The monoisotopic (exact) mass is 297 g/mol. The van der Waals surface area contributed by atoms with Gasteiger partial charge in [0.05, 0.1) is 0 Å². The van der Waals surface area contributed by atoms with Crippen LogP contribution in [-0.4, -0.2) is 30.2 Å². The van der Waals surface area contributed by atoms with Crippen LogP contribution in [0.5, 0.6) is 5.75 Å². The molecule has 0 bridgehead atoms. The summed E-state index contributed by atoms with van der Waals surface area (Å²) in [6.07, 6.45) is 0. The second-order valence-corrected chi connectivity index (χ2v) is 5.10. The van der Waals surface area contributed by atoms with Gasteiger partial charge in [0, 0.05) is 19.2 Å². The topological polar surface area (TPSA) is 46.6 Å². The van der Waals surface area contributed by atoms with Crippen LogP contribution in [-0.2, 0) is 11.3 Å². The molecule has 0 saturated carbocycles. The Balaban J connectivity index is 1.85. The highest BCUT2D eigenvalue weighted by Crippen LogP contribution is 2.13. The molecule has 0 fully saturated rings. The predicted molar refractivity (Wildman–Crippen MR) is 84.9 cm³/mol. The summed E-state index contributed by atoms with van der Waals surface area (Å²) in [6.45, 7) is 2.03. The van der Waals surface area contributed by atoms with Crippen LogP contribution in [0.3, 0.4) is 0 Å². The molecule has 0 spiro atoms. The van der Waals surface area contributed by atoms with Gasteiger partial charge < -0.3 is 9.64 Å². The van der Waals surface area contributed by atoms with E-state index in [1.807, 2.05) is 30.3 Å². The number of nitrogens with zero attached hydrogens (tertiary/aromatic N) is 1. The lowest BCUT2D eigenvalue weighted by Gasteiger charge is -2.17. The number of hydrogen-bond donors (Lipinski definition) is 0. The van der Waals surface area contributed by atoms with Gasteiger partial charge in [-0.2, -0.15) is 0 Å². The van der Waals surface area contributed by atoms with Gasteiger partial charge in [0.15, 0.2) is 12.4 Å². The van der Waals surface area contributed by atoms with E-state index in [-0.39, 0.29) is 18.3 Å². The Morgan fingerprint density at radius 1 is 1.00 bits per heavy atom. The van der Waals surface area contributed by atoms with E-state index in [0.29, 0.717) is 17.9 Å². The molecule has 0 aliphatic carbocycles. The lowest BCUT2D eigenvalue weighted by atomic mass is 10.1. The number of benzene rings is 2. The molecule has 2 aromatic carbocycles. The van der Waals surface area contributed by atoms with Crippen molar-refractivity contribution in [2.45, 2.75) is 13.5 Å². The zero-order chi connectivity index (χ0) is 15.9. The molecule has 2 aromatic rings. The molecule has 22 heavy (non-hydrogen) atoms. The SMILES string of the molecule is CC(=O)c1ccc(OCC(=O)N(C)Cc2ccccc2)cc1. The Morgan fingerprint density at radius 2 is 1.64 bits per heavy atom. The van der Waals surface area contributed by atoms with E-state index >= 15 is 0 Å². The highest BCUT2D eigenvalue weighted by atomic mass is 16.5. The molecule has 0 aliphatic rings. The van der Waals surface area contributed by atoms with Crippen LogP contribution in [0.15, 0.2) is 54.6 Å². The van der Waals surface area contributed by atoms with Gasteiger partial charge in [0.25, 0.3) is 5.91 Å². The van der Waals surface area contributed by atoms with E-state index in [2.05, 4.69) is 0 Å². The average molecular weight is 297 g/mol. The van der Waals surface area contributed by atoms with Crippen LogP contribution in [0.4, 0.5) is 0 Å². The zero-order valence-corrected chi connectivity index (χ0v) is 12.8. The summed E-state index contributed by atoms with van der Waals surface area (Å²) >= 11 is 0. The summed E-state index contributed by atoms with van der Waals surface area (Å²) < 4.78 is 5.46. The van der Waals surface area contributed by atoms with E-state index in [1.165, 1.54) is 6.92 Å². The minimum atomic E-state index is -0.0977. The van der Waals surface area contributed by atoms with Gasteiger partial charge in [-0.25, -0.2) is 0 Å². The number of ether oxygens (including phenoxy) is 1. The minimum Gasteiger partial charge on any atom is -0.484 e. The smallest absolute Gasteiger partial charge is 0.260 e. The van der Waals surface area contributed by atoms with Crippen molar-refractivity contribution in [3.8, 4) is 5.75 Å². The van der Waals surface area contributed by atoms with E-state index in [9.17, 15) is 9.59 Å². The Kier molecular flexibility index (Phi) is 5.31. The fraction of sp³-hybridized carbons (Fsp3) is 0.222. The van der Waals surface area contributed by atoms with E-state index in [4.69, 9.17) is 4.74 Å². The van der Waals surface area contributed by atoms with Crippen molar-refractivity contribution < 1.29 is 14.3 Å². The van der Waals surface area contributed by atoms with Gasteiger partial charge in [-0.1, -0.05) is 30.3 Å². The molecular formula is C18H19NO3. The maximum Gasteiger partial charge on any atom is 0.260 e. The predicted octanol–water partition coefficient (Wildman–Crippen LogP) is 2.93. The highest BCUT2D eigenvalue weighted by Gasteiger charge is 2.10. The van der Waals surface area contributed by atoms with Crippen molar-refractivity contribution in [3.05, 3.63) is 65.7 Å². The molecule has 0 heterocycles. The fourth-order valence-corrected chi connectivity index (χ4v) is 1.99. The molecule has 0 aliphatic heterocycles. The van der Waals surface area contributed by atoms with Gasteiger partial charge in [-0.15, -0.1) is 0 Å². The van der Waals surface area contributed by atoms with Crippen molar-refractivity contribution in [1.29, 1.82) is 0 Å². The molecular weight excluding hydrogens is 278 g/mol. The van der Waals surface area contributed by atoms with Crippen LogP contribution >= 0.6 is 0 Å². The first-order chi connectivity index (χ1) is 10.6. The normalized spacial score (nSPS) is 10.1. The molecule has 1 amide bonds. The summed E-state index contributed by atoms with van der Waals surface area (Å²) in [5, 5.41) is 0. The van der Waals surface area contributed by atoms with Crippen LogP contribution in [0, 0.1) is 0 Å². The third-order valence-corrected chi connectivity index (χ3v) is 3.31. The minimum absolute atomic E-state index is 0.00483. The summed E-state index contributed by atoms with van der Waals surface area (Å²) in [7, 11) is 1.75. The molecule has 4 heteroatoms. The van der Waals surface area contributed by atoms with Crippen molar-refractivity contribution in [3.63, 3.8) is 0 Å². The number of hydrogen-bond acceptors (Lipinski definition) is 3. The maximum atomic E-state index is 12.0. The molecule has 0 unspecified atom stereocenters. The first kappa shape index (κ1) is 15.8. The Bertz CT molecular complexity index is 635. The van der Waals surface area contributed by atoms with Crippen molar-refractivity contribution >= 4 is 11.7 Å². The van der Waals surface area contributed by atoms with E-state index in [0.717, 1.165) is 5.56 Å². The third kappa shape index (κ3) is 4.45. The number of Topliss-reactive ketones (excluding diaryl/α,β-unsaturated/α-hetero) is 1. The van der Waals surface area contributed by atoms with Crippen molar-refractivity contribution in [2.75, 3.05) is 13.7 Å². The largest absolute Gasteiger partial charge is 0.484 e. The number of ketones is 1. The molecule has 0 N–H and O–H groups in total. The lowest BCUT2D eigenvalue weighted by Crippen LogP contribution is -2.30. The Labute approximate surface area is 130 Å². The van der Waals surface area contributed by atoms with Crippen LogP contribution in [0.25, 0.3) is 0 Å². The van der Waals surface area contributed by atoms with Crippen molar-refractivity contribution in [2.24, 2.45) is 0 Å². The first-order valence-electron chi connectivity index (χ1n) is 7.08. The lowest BCUT2D eigenvalue weighted by molar-refractivity contribution is -0.132. The maximum absolute atomic E-state index is 12.0. The van der Waals surface area contributed by atoms with Gasteiger partial charge in [-0.3, -0.25) is 9.59 Å². The number of amides is 1. The van der Waals surface area contributed by atoms with Crippen molar-refractivity contribution in [1.82, 2.24) is 4.90 Å². The summed E-state index contributed by atoms with van der Waals surface area (Å²) in [6, 6.07) is 16.6. The van der Waals surface area contributed by atoms with E-state index < -0.39 is 0 Å². The van der Waals surface area contributed by atoms with E-state index in [1.54, 1.807) is 36.2 Å². The van der Waals surface area contributed by atoms with Gasteiger partial charge >= 0.3 is 0 Å². The second-order valence-electron chi connectivity index (χ2n) is 5.10. The Hall–Kier alpha value is -2.62. The van der Waals surface area contributed by atoms with Gasteiger partial charge in [0.2, 0.25) is 0 Å². The van der Waals surface area contributed by atoms with Crippen LogP contribution < -0.4 is 4.74 Å². The number of carbonyl (C=O) groups is 2. The van der Waals surface area contributed by atoms with Crippen LogP contribution in [0.2, 0.25) is 0 Å². The number of likely N-dealkylation sites (N-methyl/N-ethyl adjacent to an activating group) is 1. The molecule has 0 saturated heterocycles. The molecule has 114 valence electrons. The molecule has 2 rings (SSSR count). The quantitative estimate of drug-likeness (QED) is 0.770. The number of rotatable bonds is 6. The number of carbonyl (C=O) groups excluding carboxylic acids is 2. The standard InChI is InChI=1S/C18H19NO3/c1-14(20)16-8-10-17(11-9-16)22-13-18(21)19(2)12-15-6-4-3-5-7-15/h3-11H,12-13H2,1-2H3. The summed E-state index contributed by atoms with van der Waals surface area (Å²) in [5.41, 5.74) is 1.70. The molecule has 0 atom stereocenters. The highest BCUT2D eigenvalue weighted by molar-refractivity contribution is 5.94. The molecule has 0 radical (unpaired) electrons. The third-order valence-electron chi connectivity index (χ3n) is 3.31. The molecule has 0 aromatic heterocycles. The summed E-state index contributed by atoms with van der Waals surface area (Å²) in [4.78, 5) is 24.9. The zero-order valence-electron chi connectivity index (χ0n) is 12.8. The Morgan fingerprint density at radius 3 is 2.23 bits per heavy atom. The second kappa shape index (κ2) is 7.41. The fourth-order valence-electron chi connectivity index (χ4n) is 1.99. The first-order valence-corrected chi connectivity index (χ1v) is 7.08. The molecule has 4 nitrogen and oxygen atoms in total. The van der Waals surface area contributed by atoms with Gasteiger partial charge in [-0.05, 0) is 36.8 Å². The average Bonchev–Trinajstić information content (AvgIpc) is 2.53.